The molecular weight excluding hydrogens is 460 g/mol. The van der Waals surface area contributed by atoms with Crippen LogP contribution in [-0.2, 0) is 22.4 Å². The third-order valence-electron chi connectivity index (χ3n) is 6.76. The van der Waals surface area contributed by atoms with Gasteiger partial charge in [0.15, 0.2) is 0 Å². The fourth-order valence-electron chi connectivity index (χ4n) is 4.88. The Labute approximate surface area is 214 Å². The van der Waals surface area contributed by atoms with E-state index in [0.29, 0.717) is 48.2 Å². The zero-order valence-corrected chi connectivity index (χ0v) is 20.7. The number of rotatable bonds is 7. The molecular formula is C31H24N4O2. The second kappa shape index (κ2) is 9.68. The van der Waals surface area contributed by atoms with Gasteiger partial charge in [0.05, 0.1) is 39.9 Å². The van der Waals surface area contributed by atoms with Crippen LogP contribution in [0.4, 0.5) is 0 Å². The number of carbonyl (C=O) groups is 2. The van der Waals surface area contributed by atoms with Crippen molar-refractivity contribution in [2.24, 2.45) is 0 Å². The number of imidazole rings is 1. The minimum atomic E-state index is 0.147. The summed E-state index contributed by atoms with van der Waals surface area (Å²) in [6.07, 6.45) is 2.27. The number of hydrogen-bond donors (Lipinski definition) is 1. The van der Waals surface area contributed by atoms with Gasteiger partial charge in [-0.25, -0.2) is 4.98 Å². The lowest BCUT2D eigenvalue weighted by Gasteiger charge is -2.10. The number of nitrogens with zero attached hydrogens (tertiary/aromatic N) is 3. The Morgan fingerprint density at radius 2 is 1.32 bits per heavy atom. The monoisotopic (exact) mass is 484 g/mol. The zero-order chi connectivity index (χ0) is 26.1. The lowest BCUT2D eigenvalue weighted by atomic mass is 9.94. The minimum absolute atomic E-state index is 0.147. The molecule has 0 fully saturated rings. The van der Waals surface area contributed by atoms with E-state index in [4.69, 9.17) is 4.98 Å². The van der Waals surface area contributed by atoms with Gasteiger partial charge in [-0.05, 0) is 60.7 Å². The van der Waals surface area contributed by atoms with Crippen LogP contribution in [0.15, 0.2) is 54.6 Å². The van der Waals surface area contributed by atoms with E-state index in [2.05, 4.69) is 29.3 Å². The Morgan fingerprint density at radius 3 is 1.86 bits per heavy atom. The van der Waals surface area contributed by atoms with Gasteiger partial charge in [-0.3, -0.25) is 0 Å². The lowest BCUT2D eigenvalue weighted by molar-refractivity contribution is -0.117. The Balaban J connectivity index is 1.81. The molecule has 0 aliphatic carbocycles. The fraction of sp³-hybridized carbons (Fsp3) is 0.194. The normalized spacial score (nSPS) is 11.0. The first-order chi connectivity index (χ1) is 17.9. The van der Waals surface area contributed by atoms with E-state index in [0.717, 1.165) is 43.7 Å². The molecule has 1 aromatic heterocycles. The summed E-state index contributed by atoms with van der Waals surface area (Å²) in [5, 5.41) is 23.4. The van der Waals surface area contributed by atoms with Gasteiger partial charge in [0.2, 0.25) is 0 Å². The first-order valence-corrected chi connectivity index (χ1v) is 12.2. The first kappa shape index (κ1) is 23.9. The third-order valence-corrected chi connectivity index (χ3v) is 6.76. The van der Waals surface area contributed by atoms with Crippen LogP contribution in [0.1, 0.15) is 48.9 Å². The number of fused-ring (bicyclic) bond motifs is 6. The number of aromatic nitrogens is 2. The van der Waals surface area contributed by atoms with Crippen molar-refractivity contribution in [1.29, 1.82) is 10.5 Å². The van der Waals surface area contributed by atoms with E-state index >= 15 is 0 Å². The van der Waals surface area contributed by atoms with Crippen LogP contribution in [0, 0.1) is 22.7 Å². The predicted molar refractivity (Wildman–Crippen MR) is 144 cm³/mol. The Kier molecular flexibility index (Phi) is 6.26. The third kappa shape index (κ3) is 4.46. The average Bonchev–Trinajstić information content (AvgIpc) is 3.35. The summed E-state index contributed by atoms with van der Waals surface area (Å²) in [5.41, 5.74) is 4.96. The van der Waals surface area contributed by atoms with Gasteiger partial charge in [0, 0.05) is 23.6 Å². The average molecular weight is 485 g/mol. The van der Waals surface area contributed by atoms with Gasteiger partial charge in [0.1, 0.15) is 17.4 Å². The number of hydrogen-bond acceptors (Lipinski definition) is 5. The molecule has 4 aromatic carbocycles. The molecule has 0 aliphatic rings. The highest BCUT2D eigenvalue weighted by Gasteiger charge is 2.19. The highest BCUT2D eigenvalue weighted by molar-refractivity contribution is 6.23. The number of carbonyl (C=O) groups excluding carboxylic acids is 2. The van der Waals surface area contributed by atoms with Gasteiger partial charge in [-0.1, -0.05) is 42.5 Å². The van der Waals surface area contributed by atoms with Crippen LogP contribution >= 0.6 is 0 Å². The molecule has 1 N–H and O–H groups in total. The van der Waals surface area contributed by atoms with Crippen molar-refractivity contribution in [1.82, 2.24) is 9.97 Å². The molecule has 0 unspecified atom stereocenters. The van der Waals surface area contributed by atoms with Crippen LogP contribution < -0.4 is 0 Å². The van der Waals surface area contributed by atoms with Crippen LogP contribution in [-0.4, -0.2) is 21.5 Å². The fourth-order valence-corrected chi connectivity index (χ4v) is 4.88. The van der Waals surface area contributed by atoms with Gasteiger partial charge in [-0.2, -0.15) is 10.5 Å². The second-order valence-corrected chi connectivity index (χ2v) is 9.42. The number of aromatic amines is 1. The van der Waals surface area contributed by atoms with Crippen molar-refractivity contribution in [3.05, 3.63) is 76.9 Å². The van der Waals surface area contributed by atoms with Crippen molar-refractivity contribution in [2.75, 3.05) is 0 Å². The van der Waals surface area contributed by atoms with Gasteiger partial charge in [-0.15, -0.1) is 0 Å². The molecule has 37 heavy (non-hydrogen) atoms. The molecule has 0 spiro atoms. The minimum Gasteiger partial charge on any atom is -0.337 e. The van der Waals surface area contributed by atoms with Crippen molar-refractivity contribution in [3.8, 4) is 23.5 Å². The number of H-pyrrole nitrogens is 1. The summed E-state index contributed by atoms with van der Waals surface area (Å²) in [4.78, 5) is 31.5. The number of ketones is 2. The molecule has 0 aliphatic heterocycles. The molecule has 6 heteroatoms. The summed E-state index contributed by atoms with van der Waals surface area (Å²) >= 11 is 0. The summed E-state index contributed by atoms with van der Waals surface area (Å²) < 4.78 is 0. The topological polar surface area (TPSA) is 110 Å². The van der Waals surface area contributed by atoms with Crippen molar-refractivity contribution in [3.63, 3.8) is 0 Å². The van der Waals surface area contributed by atoms with E-state index < -0.39 is 0 Å². The zero-order valence-electron chi connectivity index (χ0n) is 20.7. The lowest BCUT2D eigenvalue weighted by Crippen LogP contribution is -1.95. The SMILES string of the molecule is CC(=O)CCc1ccc2c(c1)c1cc(CCC(C)=O)ccc1c1[nH]c(-c3c(C#N)cccc3C#N)nc21. The maximum Gasteiger partial charge on any atom is 0.141 e. The molecule has 0 saturated carbocycles. The smallest absolute Gasteiger partial charge is 0.141 e. The quantitative estimate of drug-likeness (QED) is 0.272. The maximum absolute atomic E-state index is 11.6. The predicted octanol–water partition coefficient (Wildman–Crippen LogP) is 6.32. The van der Waals surface area contributed by atoms with Gasteiger partial charge in [0.25, 0.3) is 0 Å². The summed E-state index contributed by atoms with van der Waals surface area (Å²) in [7, 11) is 0. The molecule has 1 heterocycles. The Hall–Kier alpha value is -4.81. The largest absolute Gasteiger partial charge is 0.337 e. The van der Waals surface area contributed by atoms with Crippen LogP contribution in [0.5, 0.6) is 0 Å². The number of nitrogens with one attached hydrogen (secondary N) is 1. The Bertz CT molecular complexity index is 1690. The summed E-state index contributed by atoms with van der Waals surface area (Å²) in [6.45, 7) is 3.20. The number of benzene rings is 4. The van der Waals surface area contributed by atoms with Crippen LogP contribution in [0.25, 0.3) is 44.0 Å². The Morgan fingerprint density at radius 1 is 0.784 bits per heavy atom. The van der Waals surface area contributed by atoms with Crippen LogP contribution in [0.3, 0.4) is 0 Å². The molecule has 180 valence electrons. The van der Waals surface area contributed by atoms with E-state index in [9.17, 15) is 20.1 Å². The van der Waals surface area contributed by atoms with Crippen LogP contribution in [0.2, 0.25) is 0 Å². The van der Waals surface area contributed by atoms with E-state index in [-0.39, 0.29) is 11.6 Å². The molecule has 0 saturated heterocycles. The van der Waals surface area contributed by atoms with E-state index in [1.165, 1.54) is 0 Å². The molecule has 5 rings (SSSR count). The first-order valence-electron chi connectivity index (χ1n) is 12.2. The molecule has 0 bridgehead atoms. The van der Waals surface area contributed by atoms with Crippen molar-refractivity contribution >= 4 is 44.1 Å². The number of nitriles is 2. The molecule has 5 aromatic rings. The molecule has 0 radical (unpaired) electrons. The van der Waals surface area contributed by atoms with Crippen molar-refractivity contribution in [2.45, 2.75) is 39.5 Å². The second-order valence-electron chi connectivity index (χ2n) is 9.42. The van der Waals surface area contributed by atoms with E-state index in [1.54, 1.807) is 32.0 Å². The summed E-state index contributed by atoms with van der Waals surface area (Å²) in [5.74, 6) is 0.765. The van der Waals surface area contributed by atoms with Crippen molar-refractivity contribution < 1.29 is 9.59 Å². The number of aryl methyl sites for hydroxylation is 2. The standard InChI is InChI=1S/C31H24N4O2/c1-18(36)6-8-20-10-12-24-26(14-20)27-15-21(9-7-19(2)37)11-13-25(27)30-29(24)34-31(35-30)28-22(16-32)4-3-5-23(28)17-33/h3-5,10-15H,6-9H2,1-2H3,(H,34,35). The molecule has 0 amide bonds. The molecule has 6 nitrogen and oxygen atoms in total. The van der Waals surface area contributed by atoms with Gasteiger partial charge >= 0.3 is 0 Å². The van der Waals surface area contributed by atoms with E-state index in [1.807, 2.05) is 24.3 Å². The number of Topliss-reactive ketones (excluding diaryl/α,β-unsaturated/α-hetero) is 2. The molecule has 0 atom stereocenters. The highest BCUT2D eigenvalue weighted by atomic mass is 16.1. The summed E-state index contributed by atoms with van der Waals surface area (Å²) in [6, 6.07) is 21.8. The maximum atomic E-state index is 11.6. The van der Waals surface area contributed by atoms with Gasteiger partial charge < -0.3 is 14.6 Å². The highest BCUT2D eigenvalue weighted by Crippen LogP contribution is 2.37.